The van der Waals surface area contributed by atoms with Crippen molar-refractivity contribution in [2.24, 2.45) is 0 Å². The van der Waals surface area contributed by atoms with Gasteiger partial charge in [0.15, 0.2) is 5.13 Å². The predicted octanol–water partition coefficient (Wildman–Crippen LogP) is 3.67. The molecular weight excluding hydrogens is 317 g/mol. The van der Waals surface area contributed by atoms with E-state index in [4.69, 9.17) is 10.5 Å². The molecule has 0 bridgehead atoms. The number of nitrogens with one attached hydrogen (secondary N) is 1. The van der Waals surface area contributed by atoms with E-state index in [1.807, 2.05) is 6.92 Å². The van der Waals surface area contributed by atoms with Crippen molar-refractivity contribution in [2.45, 2.75) is 6.92 Å². The van der Waals surface area contributed by atoms with Gasteiger partial charge in [-0.15, -0.1) is 0 Å². The van der Waals surface area contributed by atoms with Crippen molar-refractivity contribution in [1.29, 1.82) is 0 Å². The monoisotopic (exact) mass is 331 g/mol. The Kier molecular flexibility index (Phi) is 4.12. The van der Waals surface area contributed by atoms with Crippen molar-refractivity contribution < 1.29 is 13.9 Å². The molecule has 0 spiro atoms. The van der Waals surface area contributed by atoms with Crippen molar-refractivity contribution in [3.63, 3.8) is 0 Å². The molecule has 7 heteroatoms. The van der Waals surface area contributed by atoms with Gasteiger partial charge in [0.25, 0.3) is 5.91 Å². The number of amides is 1. The van der Waals surface area contributed by atoms with Crippen LogP contribution in [0.25, 0.3) is 10.2 Å². The Morgan fingerprint density at radius 2 is 2.17 bits per heavy atom. The van der Waals surface area contributed by atoms with Crippen LogP contribution < -0.4 is 15.8 Å². The molecule has 118 valence electrons. The Bertz CT molecular complexity index is 879. The van der Waals surface area contributed by atoms with Gasteiger partial charge in [0.05, 0.1) is 16.9 Å². The number of carbonyl (C=O) groups is 1. The van der Waals surface area contributed by atoms with E-state index in [9.17, 15) is 9.18 Å². The molecule has 23 heavy (non-hydrogen) atoms. The Labute approximate surface area is 135 Å². The van der Waals surface area contributed by atoms with Gasteiger partial charge in [-0.1, -0.05) is 23.5 Å². The van der Waals surface area contributed by atoms with E-state index in [-0.39, 0.29) is 5.56 Å². The number of nitrogens with two attached hydrogens (primary N) is 1. The van der Waals surface area contributed by atoms with Crippen LogP contribution in [0.4, 0.5) is 15.2 Å². The van der Waals surface area contributed by atoms with Gasteiger partial charge in [-0.3, -0.25) is 4.79 Å². The first kappa shape index (κ1) is 15.2. The van der Waals surface area contributed by atoms with Crippen LogP contribution in [-0.4, -0.2) is 17.5 Å². The van der Waals surface area contributed by atoms with E-state index in [2.05, 4.69) is 10.3 Å². The second kappa shape index (κ2) is 6.21. The zero-order valence-electron chi connectivity index (χ0n) is 12.3. The average molecular weight is 331 g/mol. The van der Waals surface area contributed by atoms with E-state index >= 15 is 0 Å². The zero-order valence-corrected chi connectivity index (χ0v) is 13.1. The summed E-state index contributed by atoms with van der Waals surface area (Å²) in [5, 5.41) is 3.09. The second-order valence-corrected chi connectivity index (χ2v) is 5.80. The molecule has 1 aromatic heterocycles. The number of carbonyl (C=O) groups excluding carboxylic acids is 1. The third kappa shape index (κ3) is 3.09. The molecule has 0 saturated carbocycles. The first-order valence-electron chi connectivity index (χ1n) is 6.97. The van der Waals surface area contributed by atoms with Gasteiger partial charge in [0.2, 0.25) is 0 Å². The number of nitrogens with zero attached hydrogens (tertiary/aromatic N) is 1. The second-order valence-electron chi connectivity index (χ2n) is 4.74. The Morgan fingerprint density at radius 1 is 1.39 bits per heavy atom. The number of nitrogen functional groups attached to an aromatic ring is 1. The van der Waals surface area contributed by atoms with E-state index in [1.165, 1.54) is 29.5 Å². The highest BCUT2D eigenvalue weighted by Gasteiger charge is 2.14. The first-order chi connectivity index (χ1) is 11.1. The van der Waals surface area contributed by atoms with Gasteiger partial charge in [0.1, 0.15) is 17.1 Å². The molecule has 0 fully saturated rings. The molecule has 1 heterocycles. The first-order valence-corrected chi connectivity index (χ1v) is 7.79. The minimum atomic E-state index is -0.571. The van der Waals surface area contributed by atoms with Gasteiger partial charge in [-0.25, -0.2) is 9.37 Å². The number of ether oxygens (including phenoxy) is 1. The lowest BCUT2D eigenvalue weighted by atomic mass is 10.2. The minimum Gasteiger partial charge on any atom is -0.491 e. The third-order valence-corrected chi connectivity index (χ3v) is 3.98. The highest BCUT2D eigenvalue weighted by Crippen LogP contribution is 2.34. The van der Waals surface area contributed by atoms with Crippen molar-refractivity contribution in [1.82, 2.24) is 4.98 Å². The van der Waals surface area contributed by atoms with Crippen LogP contribution >= 0.6 is 11.3 Å². The number of halogens is 1. The molecule has 0 unspecified atom stereocenters. The lowest BCUT2D eigenvalue weighted by Gasteiger charge is -2.09. The number of rotatable bonds is 4. The topological polar surface area (TPSA) is 77.2 Å². The van der Waals surface area contributed by atoms with Gasteiger partial charge in [-0.05, 0) is 25.1 Å². The maximum atomic E-state index is 13.7. The molecule has 0 aliphatic heterocycles. The molecule has 0 aliphatic carbocycles. The number of hydrogen-bond acceptors (Lipinski definition) is 5. The van der Waals surface area contributed by atoms with Crippen LogP contribution in [0.1, 0.15) is 17.3 Å². The minimum absolute atomic E-state index is 0.0191. The number of hydrogen-bond donors (Lipinski definition) is 2. The molecule has 3 aromatic rings. The molecular formula is C16H14FN3O2S. The summed E-state index contributed by atoms with van der Waals surface area (Å²) in [5.74, 6) is -0.567. The van der Waals surface area contributed by atoms with E-state index in [0.717, 1.165) is 4.70 Å². The normalized spacial score (nSPS) is 10.7. The molecule has 2 aromatic carbocycles. The maximum Gasteiger partial charge on any atom is 0.258 e. The molecule has 0 radical (unpaired) electrons. The SMILES string of the molecule is CCOc1cc(NC(=O)c2ccccc2F)cc2sc(N)nc12. The largest absolute Gasteiger partial charge is 0.491 e. The Balaban J connectivity index is 1.96. The summed E-state index contributed by atoms with van der Waals surface area (Å²) < 4.78 is 20.0. The van der Waals surface area contributed by atoms with Gasteiger partial charge >= 0.3 is 0 Å². The molecule has 1 amide bonds. The number of fused-ring (bicyclic) bond motifs is 1. The van der Waals surface area contributed by atoms with Crippen molar-refractivity contribution in [2.75, 3.05) is 17.7 Å². The summed E-state index contributed by atoms with van der Waals surface area (Å²) in [6.07, 6.45) is 0. The molecule has 3 rings (SSSR count). The highest BCUT2D eigenvalue weighted by atomic mass is 32.1. The number of anilines is 2. The predicted molar refractivity (Wildman–Crippen MR) is 89.6 cm³/mol. The summed E-state index contributed by atoms with van der Waals surface area (Å²) in [6.45, 7) is 2.31. The summed E-state index contributed by atoms with van der Waals surface area (Å²) in [6, 6.07) is 9.21. The zero-order chi connectivity index (χ0) is 16.4. The quantitative estimate of drug-likeness (QED) is 0.765. The fourth-order valence-corrected chi connectivity index (χ4v) is 2.99. The van der Waals surface area contributed by atoms with Crippen LogP contribution in [0.2, 0.25) is 0 Å². The molecule has 5 nitrogen and oxygen atoms in total. The van der Waals surface area contributed by atoms with Crippen molar-refractivity contribution in [3.8, 4) is 5.75 Å². The maximum absolute atomic E-state index is 13.7. The molecule has 0 atom stereocenters. The van der Waals surface area contributed by atoms with Crippen LogP contribution in [0.3, 0.4) is 0 Å². The fourth-order valence-electron chi connectivity index (χ4n) is 2.20. The van der Waals surface area contributed by atoms with Crippen LogP contribution in [0.15, 0.2) is 36.4 Å². The van der Waals surface area contributed by atoms with E-state index < -0.39 is 11.7 Å². The smallest absolute Gasteiger partial charge is 0.258 e. The average Bonchev–Trinajstić information content (AvgIpc) is 2.88. The van der Waals surface area contributed by atoms with Gasteiger partial charge in [0, 0.05) is 11.8 Å². The third-order valence-electron chi connectivity index (χ3n) is 3.15. The van der Waals surface area contributed by atoms with Crippen LogP contribution in [0, 0.1) is 5.82 Å². The number of thiazole rings is 1. The van der Waals surface area contributed by atoms with Gasteiger partial charge < -0.3 is 15.8 Å². The summed E-state index contributed by atoms with van der Waals surface area (Å²) in [5.41, 5.74) is 6.86. The lowest BCUT2D eigenvalue weighted by Crippen LogP contribution is -2.13. The molecule has 0 saturated heterocycles. The highest BCUT2D eigenvalue weighted by molar-refractivity contribution is 7.22. The fraction of sp³-hybridized carbons (Fsp3) is 0.125. The Hall–Kier alpha value is -2.67. The van der Waals surface area contributed by atoms with E-state index in [1.54, 1.807) is 18.2 Å². The van der Waals surface area contributed by atoms with Crippen molar-refractivity contribution >= 4 is 38.3 Å². The van der Waals surface area contributed by atoms with Crippen molar-refractivity contribution in [3.05, 3.63) is 47.8 Å². The summed E-state index contributed by atoms with van der Waals surface area (Å²) >= 11 is 1.29. The van der Waals surface area contributed by atoms with Crippen LogP contribution in [0.5, 0.6) is 5.75 Å². The standard InChI is InChI=1S/C16H14FN3O2S/c1-2-22-12-7-9(8-13-14(12)20-16(18)23-13)19-15(21)10-5-3-4-6-11(10)17/h3-8H,2H2,1H3,(H2,18,20)(H,19,21). The lowest BCUT2D eigenvalue weighted by molar-refractivity contribution is 0.102. The number of benzene rings is 2. The summed E-state index contributed by atoms with van der Waals surface area (Å²) in [7, 11) is 0. The molecule has 0 aliphatic rings. The number of aromatic nitrogens is 1. The molecule has 3 N–H and O–H groups in total. The van der Waals surface area contributed by atoms with Crippen LogP contribution in [-0.2, 0) is 0 Å². The Morgan fingerprint density at radius 3 is 2.91 bits per heavy atom. The van der Waals surface area contributed by atoms with E-state index in [0.29, 0.717) is 28.7 Å². The van der Waals surface area contributed by atoms with Gasteiger partial charge in [-0.2, -0.15) is 0 Å². The summed E-state index contributed by atoms with van der Waals surface area (Å²) in [4.78, 5) is 16.4.